The van der Waals surface area contributed by atoms with Crippen LogP contribution in [0.15, 0.2) is 52.9 Å². The van der Waals surface area contributed by atoms with Crippen LogP contribution in [0.1, 0.15) is 40.0 Å². The Balaban J connectivity index is 1.53. The Morgan fingerprint density at radius 1 is 0.926 bits per heavy atom. The second kappa shape index (κ2) is 7.53. The molecule has 1 amide bonds. The van der Waals surface area contributed by atoms with Crippen LogP contribution < -0.4 is 0 Å². The van der Waals surface area contributed by atoms with Crippen molar-refractivity contribution in [1.82, 2.24) is 15.1 Å². The van der Waals surface area contributed by atoms with Gasteiger partial charge in [0.2, 0.25) is 11.8 Å². The molecule has 0 N–H and O–H groups in total. The molecule has 0 bridgehead atoms. The zero-order valence-electron chi connectivity index (χ0n) is 14.8. The van der Waals surface area contributed by atoms with E-state index in [1.54, 1.807) is 30.3 Å². The molecule has 0 atom stereocenters. The van der Waals surface area contributed by atoms with Gasteiger partial charge >= 0.3 is 0 Å². The summed E-state index contributed by atoms with van der Waals surface area (Å²) in [5, 5.41) is 8.14. The number of amides is 1. The second-order valence-corrected chi connectivity index (χ2v) is 6.59. The lowest BCUT2D eigenvalue weighted by molar-refractivity contribution is 0.0724. The van der Waals surface area contributed by atoms with Crippen LogP contribution in [0.5, 0.6) is 0 Å². The van der Waals surface area contributed by atoms with Gasteiger partial charge in [0.15, 0.2) is 0 Å². The molecule has 0 aliphatic carbocycles. The molecule has 136 valence electrons. The summed E-state index contributed by atoms with van der Waals surface area (Å²) in [6.45, 7) is 1.65. The van der Waals surface area contributed by atoms with Gasteiger partial charge in [-0.2, -0.15) is 0 Å². The van der Waals surface area contributed by atoms with Gasteiger partial charge in [-0.1, -0.05) is 12.1 Å². The van der Waals surface area contributed by atoms with Crippen molar-refractivity contribution in [2.75, 3.05) is 13.1 Å². The highest BCUT2D eigenvalue weighted by Gasteiger charge is 2.18. The molecule has 2 aromatic carbocycles. The summed E-state index contributed by atoms with van der Waals surface area (Å²) in [7, 11) is 0. The summed E-state index contributed by atoms with van der Waals surface area (Å²) < 4.78 is 5.74. The molecule has 1 fully saturated rings. The van der Waals surface area contributed by atoms with Crippen molar-refractivity contribution in [1.29, 1.82) is 0 Å². The maximum absolute atomic E-state index is 12.5. The van der Waals surface area contributed by atoms with Crippen LogP contribution in [-0.2, 0) is 0 Å². The fourth-order valence-electron chi connectivity index (χ4n) is 3.24. The van der Waals surface area contributed by atoms with Crippen LogP contribution >= 0.6 is 0 Å². The van der Waals surface area contributed by atoms with Crippen LogP contribution in [0.3, 0.4) is 0 Å². The molecule has 4 rings (SSSR count). The van der Waals surface area contributed by atoms with Crippen molar-refractivity contribution in [2.24, 2.45) is 0 Å². The van der Waals surface area contributed by atoms with E-state index < -0.39 is 0 Å². The molecule has 2 heterocycles. The average molecular weight is 361 g/mol. The van der Waals surface area contributed by atoms with E-state index in [4.69, 9.17) is 4.42 Å². The summed E-state index contributed by atoms with van der Waals surface area (Å²) in [5.74, 6) is 0.791. The van der Waals surface area contributed by atoms with E-state index in [-0.39, 0.29) is 5.91 Å². The number of rotatable bonds is 4. The Kier molecular flexibility index (Phi) is 4.78. The van der Waals surface area contributed by atoms with E-state index in [9.17, 15) is 9.59 Å². The maximum atomic E-state index is 12.5. The minimum Gasteiger partial charge on any atom is -0.416 e. The number of likely N-dealkylation sites (tertiary alicyclic amines) is 1. The number of nitrogens with zero attached hydrogens (tertiary/aromatic N) is 3. The first-order valence-corrected chi connectivity index (χ1v) is 9.03. The molecule has 6 heteroatoms. The fourth-order valence-corrected chi connectivity index (χ4v) is 3.24. The number of aromatic nitrogens is 2. The van der Waals surface area contributed by atoms with Crippen LogP contribution in [-0.4, -0.2) is 40.4 Å². The van der Waals surface area contributed by atoms with Crippen molar-refractivity contribution in [3.8, 4) is 22.9 Å². The average Bonchev–Trinajstić information content (AvgIpc) is 3.24. The van der Waals surface area contributed by atoms with Crippen LogP contribution in [0.25, 0.3) is 22.9 Å². The molecular formula is C21H19N3O3. The summed E-state index contributed by atoms with van der Waals surface area (Å²) in [4.78, 5) is 25.4. The first kappa shape index (κ1) is 17.1. The second-order valence-electron chi connectivity index (χ2n) is 6.59. The zero-order valence-corrected chi connectivity index (χ0v) is 14.8. The molecule has 1 aromatic heterocycles. The molecule has 0 spiro atoms. The lowest BCUT2D eigenvalue weighted by atomic mass is 10.1. The van der Waals surface area contributed by atoms with Crippen LogP contribution in [0.4, 0.5) is 0 Å². The first-order chi connectivity index (χ1) is 13.2. The Labute approximate surface area is 156 Å². The minimum absolute atomic E-state index is 0.0677. The van der Waals surface area contributed by atoms with Gasteiger partial charge in [0.1, 0.15) is 6.29 Å². The van der Waals surface area contributed by atoms with Gasteiger partial charge in [-0.15, -0.1) is 10.2 Å². The molecule has 0 radical (unpaired) electrons. The Hall–Kier alpha value is -3.28. The zero-order chi connectivity index (χ0) is 18.6. The van der Waals surface area contributed by atoms with Gasteiger partial charge in [-0.25, -0.2) is 0 Å². The maximum Gasteiger partial charge on any atom is 0.253 e. The third-order valence-corrected chi connectivity index (χ3v) is 4.72. The van der Waals surface area contributed by atoms with Gasteiger partial charge in [0.25, 0.3) is 5.91 Å². The predicted octanol–water partition coefficient (Wildman–Crippen LogP) is 3.84. The SMILES string of the molecule is O=Cc1cccc(-c2nnc(-c3ccc(C(=O)N4CCCCC4)cc3)o2)c1. The molecule has 27 heavy (non-hydrogen) atoms. The number of aldehydes is 1. The van der Waals surface area contributed by atoms with Crippen molar-refractivity contribution in [3.63, 3.8) is 0 Å². The lowest BCUT2D eigenvalue weighted by Gasteiger charge is -2.26. The monoisotopic (exact) mass is 361 g/mol. The van der Waals surface area contributed by atoms with E-state index >= 15 is 0 Å². The number of hydrogen-bond acceptors (Lipinski definition) is 5. The highest BCUT2D eigenvalue weighted by molar-refractivity contribution is 5.94. The van der Waals surface area contributed by atoms with E-state index in [1.165, 1.54) is 6.42 Å². The van der Waals surface area contributed by atoms with Crippen molar-refractivity contribution >= 4 is 12.2 Å². The van der Waals surface area contributed by atoms with Crippen LogP contribution in [0.2, 0.25) is 0 Å². The molecule has 1 aliphatic heterocycles. The molecular weight excluding hydrogens is 342 g/mol. The largest absolute Gasteiger partial charge is 0.416 e. The summed E-state index contributed by atoms with van der Waals surface area (Å²) in [6, 6.07) is 14.2. The normalized spacial score (nSPS) is 14.1. The topological polar surface area (TPSA) is 76.3 Å². The van der Waals surface area contributed by atoms with Crippen LogP contribution in [0, 0.1) is 0 Å². The van der Waals surface area contributed by atoms with Gasteiger partial charge in [0.05, 0.1) is 0 Å². The Morgan fingerprint density at radius 3 is 2.33 bits per heavy atom. The minimum atomic E-state index is 0.0677. The Morgan fingerprint density at radius 2 is 1.63 bits per heavy atom. The molecule has 1 saturated heterocycles. The van der Waals surface area contributed by atoms with Gasteiger partial charge in [0, 0.05) is 35.3 Å². The van der Waals surface area contributed by atoms with Gasteiger partial charge in [-0.05, 0) is 55.7 Å². The van der Waals surface area contributed by atoms with Gasteiger partial charge in [-0.3, -0.25) is 9.59 Å². The standard InChI is InChI=1S/C21H19N3O3/c25-14-15-5-4-6-18(13-15)20-23-22-19(27-20)16-7-9-17(10-8-16)21(26)24-11-2-1-3-12-24/h4-10,13-14H,1-3,11-12H2. The molecule has 6 nitrogen and oxygen atoms in total. The third-order valence-electron chi connectivity index (χ3n) is 4.72. The highest BCUT2D eigenvalue weighted by Crippen LogP contribution is 2.25. The Bertz CT molecular complexity index is 957. The lowest BCUT2D eigenvalue weighted by Crippen LogP contribution is -2.35. The third kappa shape index (κ3) is 3.65. The molecule has 1 aliphatic rings. The number of carbonyl (C=O) groups excluding carboxylic acids is 2. The highest BCUT2D eigenvalue weighted by atomic mass is 16.4. The number of carbonyl (C=O) groups is 2. The van der Waals surface area contributed by atoms with E-state index in [2.05, 4.69) is 10.2 Å². The quantitative estimate of drug-likeness (QED) is 0.660. The first-order valence-electron chi connectivity index (χ1n) is 9.03. The van der Waals surface area contributed by atoms with E-state index in [1.807, 2.05) is 23.1 Å². The predicted molar refractivity (Wildman–Crippen MR) is 100 cm³/mol. The summed E-state index contributed by atoms with van der Waals surface area (Å²) in [5.41, 5.74) is 2.65. The molecule has 3 aromatic rings. The van der Waals surface area contributed by atoms with Crippen molar-refractivity contribution in [2.45, 2.75) is 19.3 Å². The van der Waals surface area contributed by atoms with Crippen molar-refractivity contribution in [3.05, 3.63) is 59.7 Å². The summed E-state index contributed by atoms with van der Waals surface area (Å²) >= 11 is 0. The van der Waals surface area contributed by atoms with E-state index in [0.29, 0.717) is 28.5 Å². The number of benzene rings is 2. The molecule has 0 saturated carbocycles. The van der Waals surface area contributed by atoms with Gasteiger partial charge < -0.3 is 9.32 Å². The smallest absolute Gasteiger partial charge is 0.253 e. The van der Waals surface area contributed by atoms with E-state index in [0.717, 1.165) is 37.8 Å². The number of hydrogen-bond donors (Lipinski definition) is 0. The van der Waals surface area contributed by atoms with Crippen molar-refractivity contribution < 1.29 is 14.0 Å². The number of piperidine rings is 1. The molecule has 0 unspecified atom stereocenters. The summed E-state index contributed by atoms with van der Waals surface area (Å²) in [6.07, 6.45) is 4.11. The fraction of sp³-hybridized carbons (Fsp3) is 0.238.